The summed E-state index contributed by atoms with van der Waals surface area (Å²) in [6.07, 6.45) is 0.0763. The lowest BCUT2D eigenvalue weighted by Crippen LogP contribution is -2.36. The van der Waals surface area contributed by atoms with E-state index >= 15 is 0 Å². The fourth-order valence-electron chi connectivity index (χ4n) is 2.54. The molecule has 6 heteroatoms. The summed E-state index contributed by atoms with van der Waals surface area (Å²) in [5.41, 5.74) is 2.82. The van der Waals surface area contributed by atoms with Crippen molar-refractivity contribution in [3.63, 3.8) is 0 Å². The molecule has 27 heavy (non-hydrogen) atoms. The summed E-state index contributed by atoms with van der Waals surface area (Å²) in [5.74, 6) is -0.353. The minimum absolute atomic E-state index is 0.0763. The van der Waals surface area contributed by atoms with Crippen LogP contribution in [0.25, 0.3) is 0 Å². The highest BCUT2D eigenvalue weighted by atomic mass is 19.1. The number of ether oxygens (including phenoxy) is 2. The van der Waals surface area contributed by atoms with Crippen LogP contribution in [0.2, 0.25) is 0 Å². The highest BCUT2D eigenvalue weighted by Gasteiger charge is 2.17. The van der Waals surface area contributed by atoms with Crippen LogP contribution in [0.1, 0.15) is 23.1 Å². The zero-order chi connectivity index (χ0) is 19.8. The molecule has 0 aliphatic carbocycles. The standard InChI is InChI=1S/C21H24FNO4/c1-15-5-4-6-19(16(15)2)27-14-20(24)23(12-11-21(25)26-3)13-17-7-9-18(22)10-8-17/h4-10H,11-14H2,1-3H3. The van der Waals surface area contributed by atoms with Crippen LogP contribution < -0.4 is 4.74 Å². The third kappa shape index (κ3) is 6.09. The van der Waals surface area contributed by atoms with E-state index in [0.29, 0.717) is 5.75 Å². The van der Waals surface area contributed by atoms with Crippen molar-refractivity contribution in [2.45, 2.75) is 26.8 Å². The lowest BCUT2D eigenvalue weighted by molar-refractivity contribution is -0.142. The fourth-order valence-corrected chi connectivity index (χ4v) is 2.54. The first kappa shape index (κ1) is 20.4. The first-order valence-corrected chi connectivity index (χ1v) is 8.68. The van der Waals surface area contributed by atoms with E-state index in [9.17, 15) is 14.0 Å². The van der Waals surface area contributed by atoms with E-state index < -0.39 is 5.97 Å². The first-order chi connectivity index (χ1) is 12.9. The number of benzene rings is 2. The molecule has 0 heterocycles. The number of methoxy groups -OCH3 is 1. The topological polar surface area (TPSA) is 55.8 Å². The lowest BCUT2D eigenvalue weighted by Gasteiger charge is -2.23. The summed E-state index contributed by atoms with van der Waals surface area (Å²) < 4.78 is 23.4. The molecule has 144 valence electrons. The van der Waals surface area contributed by atoms with Gasteiger partial charge in [-0.15, -0.1) is 0 Å². The molecule has 0 N–H and O–H groups in total. The third-order valence-electron chi connectivity index (χ3n) is 4.36. The zero-order valence-electron chi connectivity index (χ0n) is 15.8. The van der Waals surface area contributed by atoms with Crippen molar-refractivity contribution in [2.24, 2.45) is 0 Å². The Bertz CT molecular complexity index is 789. The Balaban J connectivity index is 2.05. The number of esters is 1. The van der Waals surface area contributed by atoms with Gasteiger partial charge in [0.05, 0.1) is 13.5 Å². The highest BCUT2D eigenvalue weighted by molar-refractivity contribution is 5.78. The van der Waals surface area contributed by atoms with Gasteiger partial charge in [0.15, 0.2) is 6.61 Å². The number of amides is 1. The van der Waals surface area contributed by atoms with Gasteiger partial charge in [-0.05, 0) is 48.7 Å². The van der Waals surface area contributed by atoms with Crippen LogP contribution >= 0.6 is 0 Å². The van der Waals surface area contributed by atoms with Gasteiger partial charge in [0.2, 0.25) is 0 Å². The maximum absolute atomic E-state index is 13.1. The SMILES string of the molecule is COC(=O)CCN(Cc1ccc(F)cc1)C(=O)COc1cccc(C)c1C. The molecule has 0 radical (unpaired) electrons. The van der Waals surface area contributed by atoms with Crippen LogP contribution in [0.15, 0.2) is 42.5 Å². The molecule has 2 aromatic carbocycles. The van der Waals surface area contributed by atoms with Gasteiger partial charge in [-0.25, -0.2) is 4.39 Å². The third-order valence-corrected chi connectivity index (χ3v) is 4.36. The quantitative estimate of drug-likeness (QED) is 0.666. The minimum Gasteiger partial charge on any atom is -0.483 e. The van der Waals surface area contributed by atoms with Crippen molar-refractivity contribution < 1.29 is 23.5 Å². The summed E-state index contributed by atoms with van der Waals surface area (Å²) in [5, 5.41) is 0. The van der Waals surface area contributed by atoms with Crippen LogP contribution in [-0.2, 0) is 20.9 Å². The van der Waals surface area contributed by atoms with Crippen molar-refractivity contribution in [2.75, 3.05) is 20.3 Å². The van der Waals surface area contributed by atoms with Crippen molar-refractivity contribution in [1.29, 1.82) is 0 Å². The molecular formula is C21H24FNO4. The Morgan fingerprint density at radius 1 is 1.07 bits per heavy atom. The van der Waals surface area contributed by atoms with E-state index in [1.165, 1.54) is 24.1 Å². The molecule has 0 aromatic heterocycles. The van der Waals surface area contributed by atoms with Gasteiger partial charge in [0, 0.05) is 13.1 Å². The van der Waals surface area contributed by atoms with Crippen LogP contribution in [0, 0.1) is 19.7 Å². The van der Waals surface area contributed by atoms with E-state index in [1.54, 1.807) is 12.1 Å². The molecule has 0 fully saturated rings. The fraction of sp³-hybridized carbons (Fsp3) is 0.333. The summed E-state index contributed by atoms with van der Waals surface area (Å²) in [6, 6.07) is 11.6. The molecular weight excluding hydrogens is 349 g/mol. The Morgan fingerprint density at radius 2 is 1.78 bits per heavy atom. The normalized spacial score (nSPS) is 10.4. The van der Waals surface area contributed by atoms with Crippen molar-refractivity contribution in [3.05, 3.63) is 65.0 Å². The van der Waals surface area contributed by atoms with Gasteiger partial charge < -0.3 is 14.4 Å². The van der Waals surface area contributed by atoms with E-state index in [1.807, 2.05) is 32.0 Å². The van der Waals surface area contributed by atoms with Gasteiger partial charge in [-0.3, -0.25) is 9.59 Å². The van der Waals surface area contributed by atoms with Crippen molar-refractivity contribution in [1.82, 2.24) is 4.90 Å². The van der Waals surface area contributed by atoms with E-state index in [-0.39, 0.29) is 37.8 Å². The molecule has 0 aliphatic heterocycles. The predicted octanol–water partition coefficient (Wildman–Crippen LogP) is 3.41. The molecule has 0 atom stereocenters. The first-order valence-electron chi connectivity index (χ1n) is 8.68. The second kappa shape index (κ2) is 9.71. The van der Waals surface area contributed by atoms with Gasteiger partial charge in [0.1, 0.15) is 11.6 Å². The average Bonchev–Trinajstić information content (AvgIpc) is 2.67. The molecule has 0 saturated heterocycles. The predicted molar refractivity (Wildman–Crippen MR) is 99.9 cm³/mol. The Hall–Kier alpha value is -2.89. The zero-order valence-corrected chi connectivity index (χ0v) is 15.8. The number of hydrogen-bond donors (Lipinski definition) is 0. The molecule has 5 nitrogen and oxygen atoms in total. The maximum Gasteiger partial charge on any atom is 0.307 e. The Labute approximate surface area is 158 Å². The summed E-state index contributed by atoms with van der Waals surface area (Å²) >= 11 is 0. The van der Waals surface area contributed by atoms with Crippen LogP contribution in [-0.4, -0.2) is 37.0 Å². The van der Waals surface area contributed by atoms with E-state index in [0.717, 1.165) is 16.7 Å². The molecule has 0 aliphatic rings. The number of hydrogen-bond acceptors (Lipinski definition) is 4. The molecule has 2 rings (SSSR count). The monoisotopic (exact) mass is 373 g/mol. The van der Waals surface area contributed by atoms with Gasteiger partial charge in [-0.1, -0.05) is 24.3 Å². The minimum atomic E-state index is -0.401. The number of carbonyl (C=O) groups is 2. The largest absolute Gasteiger partial charge is 0.483 e. The summed E-state index contributed by atoms with van der Waals surface area (Å²) in [4.78, 5) is 25.6. The molecule has 0 saturated carbocycles. The maximum atomic E-state index is 13.1. The van der Waals surface area contributed by atoms with Crippen molar-refractivity contribution in [3.8, 4) is 5.75 Å². The molecule has 0 unspecified atom stereocenters. The molecule has 2 aromatic rings. The molecule has 0 bridgehead atoms. The Morgan fingerprint density at radius 3 is 2.44 bits per heavy atom. The molecule has 1 amide bonds. The second-order valence-corrected chi connectivity index (χ2v) is 6.25. The number of nitrogens with zero attached hydrogens (tertiary/aromatic N) is 1. The number of aryl methyl sites for hydroxylation is 1. The lowest BCUT2D eigenvalue weighted by atomic mass is 10.1. The van der Waals surface area contributed by atoms with Gasteiger partial charge in [0.25, 0.3) is 5.91 Å². The highest BCUT2D eigenvalue weighted by Crippen LogP contribution is 2.20. The number of halogens is 1. The van der Waals surface area contributed by atoms with E-state index in [2.05, 4.69) is 4.74 Å². The number of rotatable bonds is 8. The summed E-state index contributed by atoms with van der Waals surface area (Å²) in [6.45, 7) is 4.21. The summed E-state index contributed by atoms with van der Waals surface area (Å²) in [7, 11) is 1.30. The van der Waals surface area contributed by atoms with Crippen LogP contribution in [0.3, 0.4) is 0 Å². The van der Waals surface area contributed by atoms with Crippen LogP contribution in [0.5, 0.6) is 5.75 Å². The van der Waals surface area contributed by atoms with Crippen molar-refractivity contribution >= 4 is 11.9 Å². The molecule has 0 spiro atoms. The van der Waals surface area contributed by atoms with Gasteiger partial charge >= 0.3 is 5.97 Å². The Kier molecular flexibility index (Phi) is 7.34. The van der Waals surface area contributed by atoms with E-state index in [4.69, 9.17) is 4.74 Å². The second-order valence-electron chi connectivity index (χ2n) is 6.25. The average molecular weight is 373 g/mol. The van der Waals surface area contributed by atoms with Gasteiger partial charge in [-0.2, -0.15) is 0 Å². The number of carbonyl (C=O) groups excluding carboxylic acids is 2. The smallest absolute Gasteiger partial charge is 0.307 e. The van der Waals surface area contributed by atoms with Crippen LogP contribution in [0.4, 0.5) is 4.39 Å².